The van der Waals surface area contributed by atoms with Gasteiger partial charge in [0.05, 0.1) is 6.04 Å². The van der Waals surface area contributed by atoms with Crippen molar-refractivity contribution >= 4 is 11.3 Å². The first-order chi connectivity index (χ1) is 10.3. The summed E-state index contributed by atoms with van der Waals surface area (Å²) < 4.78 is 0. The van der Waals surface area contributed by atoms with E-state index >= 15 is 0 Å². The van der Waals surface area contributed by atoms with Gasteiger partial charge in [0.1, 0.15) is 5.01 Å². The molecule has 0 radical (unpaired) electrons. The number of nitrogens with one attached hydrogen (secondary N) is 1. The summed E-state index contributed by atoms with van der Waals surface area (Å²) in [5, 5.41) is 7.23. The molecule has 118 valence electrons. The summed E-state index contributed by atoms with van der Waals surface area (Å²) in [5.41, 5.74) is 0. The molecular weight excluding hydrogens is 278 g/mol. The first-order valence-corrected chi connectivity index (χ1v) is 9.61. The second kappa shape index (κ2) is 7.21. The maximum absolute atomic E-state index is 4.62. The summed E-state index contributed by atoms with van der Waals surface area (Å²) in [6, 6.07) is 2.82. The third-order valence-corrected chi connectivity index (χ3v) is 6.07. The summed E-state index contributed by atoms with van der Waals surface area (Å²) in [4.78, 5) is 7.46. The predicted octanol–water partition coefficient (Wildman–Crippen LogP) is 3.98. The zero-order chi connectivity index (χ0) is 14.7. The highest BCUT2D eigenvalue weighted by Gasteiger charge is 2.41. The molecular formula is C17H29N3S. The van der Waals surface area contributed by atoms with E-state index in [2.05, 4.69) is 34.4 Å². The molecule has 0 spiro atoms. The van der Waals surface area contributed by atoms with Gasteiger partial charge in [-0.15, -0.1) is 11.3 Å². The minimum absolute atomic E-state index is 0.549. The highest BCUT2D eigenvalue weighted by Crippen LogP contribution is 2.41. The fourth-order valence-electron chi connectivity index (χ4n) is 4.35. The summed E-state index contributed by atoms with van der Waals surface area (Å²) in [6.07, 6.45) is 11.2. The summed E-state index contributed by atoms with van der Waals surface area (Å²) in [5.74, 6) is 0. The standard InChI is InChI=1S/C17H29N3S/c1-3-8-18-13-11-14-6-5-7-15(12-13)20(14)16(4-2)17-19-9-10-21-17/h9-10,13-16,18H,3-8,11-12H2,1-2H3. The van der Waals surface area contributed by atoms with E-state index in [0.29, 0.717) is 6.04 Å². The quantitative estimate of drug-likeness (QED) is 0.861. The zero-order valence-electron chi connectivity index (χ0n) is 13.4. The topological polar surface area (TPSA) is 28.2 Å². The van der Waals surface area contributed by atoms with Gasteiger partial charge < -0.3 is 5.32 Å². The van der Waals surface area contributed by atoms with Crippen molar-refractivity contribution in [2.75, 3.05) is 6.54 Å². The van der Waals surface area contributed by atoms with E-state index in [1.165, 1.54) is 56.5 Å². The Kier molecular flexibility index (Phi) is 5.30. The van der Waals surface area contributed by atoms with Crippen molar-refractivity contribution < 1.29 is 0 Å². The fraction of sp³-hybridized carbons (Fsp3) is 0.824. The average molecular weight is 308 g/mol. The lowest BCUT2D eigenvalue weighted by Gasteiger charge is -2.52. The average Bonchev–Trinajstić information content (AvgIpc) is 3.00. The third kappa shape index (κ3) is 3.33. The number of nitrogens with zero attached hydrogens (tertiary/aromatic N) is 2. The summed E-state index contributed by atoms with van der Waals surface area (Å²) >= 11 is 1.83. The SMILES string of the molecule is CCCNC1CC2CCCC(C1)N2C(CC)c1nccs1. The Hall–Kier alpha value is -0.450. The van der Waals surface area contributed by atoms with Crippen LogP contribution in [-0.4, -0.2) is 34.6 Å². The molecule has 21 heavy (non-hydrogen) atoms. The molecule has 2 aliphatic heterocycles. The Balaban J connectivity index is 1.73. The van der Waals surface area contributed by atoms with Crippen LogP contribution in [0.25, 0.3) is 0 Å². The van der Waals surface area contributed by atoms with Gasteiger partial charge in [-0.3, -0.25) is 4.90 Å². The van der Waals surface area contributed by atoms with Gasteiger partial charge in [-0.05, 0) is 45.1 Å². The van der Waals surface area contributed by atoms with E-state index in [1.807, 2.05) is 17.5 Å². The van der Waals surface area contributed by atoms with E-state index in [9.17, 15) is 0 Å². The Morgan fingerprint density at radius 1 is 1.33 bits per heavy atom. The van der Waals surface area contributed by atoms with Crippen LogP contribution in [0.15, 0.2) is 11.6 Å². The Labute approximate surface area is 133 Å². The van der Waals surface area contributed by atoms with E-state index in [0.717, 1.165) is 18.1 Å². The fourth-order valence-corrected chi connectivity index (χ4v) is 5.18. The highest BCUT2D eigenvalue weighted by atomic mass is 32.1. The predicted molar refractivity (Wildman–Crippen MR) is 89.7 cm³/mol. The molecule has 0 amide bonds. The molecule has 1 aromatic heterocycles. The molecule has 0 aromatic carbocycles. The lowest BCUT2D eigenvalue weighted by Crippen LogP contribution is -2.57. The van der Waals surface area contributed by atoms with Crippen LogP contribution >= 0.6 is 11.3 Å². The molecule has 1 aromatic rings. The minimum Gasteiger partial charge on any atom is -0.314 e. The van der Waals surface area contributed by atoms with Crippen molar-refractivity contribution in [1.29, 1.82) is 0 Å². The van der Waals surface area contributed by atoms with E-state index in [4.69, 9.17) is 0 Å². The molecule has 3 nitrogen and oxygen atoms in total. The van der Waals surface area contributed by atoms with Gasteiger partial charge >= 0.3 is 0 Å². The second-order valence-corrected chi connectivity index (χ2v) is 7.53. The van der Waals surface area contributed by atoms with Crippen LogP contribution in [0, 0.1) is 0 Å². The molecule has 2 saturated heterocycles. The molecule has 1 N–H and O–H groups in total. The van der Waals surface area contributed by atoms with Crippen LogP contribution < -0.4 is 5.32 Å². The smallest absolute Gasteiger partial charge is 0.110 e. The van der Waals surface area contributed by atoms with E-state index < -0.39 is 0 Å². The molecule has 0 saturated carbocycles. The van der Waals surface area contributed by atoms with Gasteiger partial charge in [0.15, 0.2) is 0 Å². The second-order valence-electron chi connectivity index (χ2n) is 6.60. The van der Waals surface area contributed by atoms with Crippen molar-refractivity contribution in [1.82, 2.24) is 15.2 Å². The number of hydrogen-bond donors (Lipinski definition) is 1. The van der Waals surface area contributed by atoms with Crippen molar-refractivity contribution in [3.05, 3.63) is 16.6 Å². The van der Waals surface area contributed by atoms with E-state index in [-0.39, 0.29) is 0 Å². The first kappa shape index (κ1) is 15.4. The molecule has 3 atom stereocenters. The molecule has 2 aliphatic rings. The third-order valence-electron chi connectivity index (χ3n) is 5.20. The van der Waals surface area contributed by atoms with E-state index in [1.54, 1.807) is 0 Å². The normalized spacial score (nSPS) is 31.2. The van der Waals surface area contributed by atoms with Crippen LogP contribution in [0.2, 0.25) is 0 Å². The van der Waals surface area contributed by atoms with Crippen molar-refractivity contribution in [3.8, 4) is 0 Å². The maximum atomic E-state index is 4.62. The highest BCUT2D eigenvalue weighted by molar-refractivity contribution is 7.09. The van der Waals surface area contributed by atoms with Gasteiger partial charge in [-0.1, -0.05) is 20.3 Å². The summed E-state index contributed by atoms with van der Waals surface area (Å²) in [7, 11) is 0. The number of fused-ring (bicyclic) bond motifs is 2. The van der Waals surface area contributed by atoms with Crippen LogP contribution in [-0.2, 0) is 0 Å². The number of rotatable bonds is 6. The number of aromatic nitrogens is 1. The van der Waals surface area contributed by atoms with Crippen LogP contribution in [0.5, 0.6) is 0 Å². The molecule has 4 heteroatoms. The van der Waals surface area contributed by atoms with Crippen molar-refractivity contribution in [3.63, 3.8) is 0 Å². The molecule has 3 rings (SSSR count). The van der Waals surface area contributed by atoms with Crippen LogP contribution in [0.1, 0.15) is 69.8 Å². The molecule has 0 aliphatic carbocycles. The number of hydrogen-bond acceptors (Lipinski definition) is 4. The van der Waals surface area contributed by atoms with Gasteiger partial charge in [-0.2, -0.15) is 0 Å². The zero-order valence-corrected chi connectivity index (χ0v) is 14.2. The molecule has 2 fully saturated rings. The summed E-state index contributed by atoms with van der Waals surface area (Å²) in [6.45, 7) is 5.76. The van der Waals surface area contributed by atoms with Gasteiger partial charge in [-0.25, -0.2) is 4.98 Å². The largest absolute Gasteiger partial charge is 0.314 e. The lowest BCUT2D eigenvalue weighted by molar-refractivity contribution is -0.0133. The number of piperidine rings is 2. The number of thiazole rings is 1. The first-order valence-electron chi connectivity index (χ1n) is 8.73. The van der Waals surface area contributed by atoms with Gasteiger partial charge in [0.2, 0.25) is 0 Å². The van der Waals surface area contributed by atoms with Crippen molar-refractivity contribution in [2.45, 2.75) is 83.0 Å². The molecule has 2 bridgehead atoms. The van der Waals surface area contributed by atoms with Crippen molar-refractivity contribution in [2.24, 2.45) is 0 Å². The molecule has 3 heterocycles. The van der Waals surface area contributed by atoms with Gasteiger partial charge in [0, 0.05) is 29.7 Å². The monoisotopic (exact) mass is 307 g/mol. The molecule has 3 unspecified atom stereocenters. The van der Waals surface area contributed by atoms with Crippen LogP contribution in [0.3, 0.4) is 0 Å². The minimum atomic E-state index is 0.549. The maximum Gasteiger partial charge on any atom is 0.110 e. The Morgan fingerprint density at radius 2 is 2.10 bits per heavy atom. The lowest BCUT2D eigenvalue weighted by atomic mass is 9.80. The Morgan fingerprint density at radius 3 is 2.67 bits per heavy atom. The van der Waals surface area contributed by atoms with Gasteiger partial charge in [0.25, 0.3) is 0 Å². The Bertz CT molecular complexity index is 406. The van der Waals surface area contributed by atoms with Crippen LogP contribution in [0.4, 0.5) is 0 Å².